The van der Waals surface area contributed by atoms with Crippen molar-refractivity contribution >= 4 is 23.1 Å². The van der Waals surface area contributed by atoms with E-state index in [1.54, 1.807) is 0 Å². The zero-order valence-corrected chi connectivity index (χ0v) is 20.7. The Labute approximate surface area is 194 Å². The summed E-state index contributed by atoms with van der Waals surface area (Å²) in [4.78, 5) is 57.1. The van der Waals surface area contributed by atoms with Gasteiger partial charge in [-0.2, -0.15) is 0 Å². The van der Waals surface area contributed by atoms with E-state index in [4.69, 9.17) is 0 Å². The molecule has 0 aromatic carbocycles. The van der Waals surface area contributed by atoms with Crippen molar-refractivity contribution in [2.24, 2.45) is 0 Å². The van der Waals surface area contributed by atoms with E-state index >= 15 is 0 Å². The molecule has 0 spiro atoms. The van der Waals surface area contributed by atoms with Crippen LogP contribution in [0, 0.1) is 0 Å². The molecule has 1 heterocycles. The third kappa shape index (κ3) is 11.9. The molecule has 0 saturated carbocycles. The molecule has 184 valence electrons. The standard InChI is InChI=1S/C24H44N4O4/c1-5-21(29)17-25-9-11-26(18-22(30)6-2)13-15-28(20-24(32)8-4)16-14-27(12-10-25)19-23(31)7-3/h5-20H2,1-4H3. The highest BCUT2D eigenvalue weighted by atomic mass is 16.1. The molecule has 1 saturated heterocycles. The summed E-state index contributed by atoms with van der Waals surface area (Å²) in [5.74, 6) is 0.810. The molecule has 0 N–H and O–H groups in total. The fourth-order valence-electron chi connectivity index (χ4n) is 3.66. The van der Waals surface area contributed by atoms with Crippen LogP contribution in [0.1, 0.15) is 53.4 Å². The van der Waals surface area contributed by atoms with Gasteiger partial charge in [0.2, 0.25) is 0 Å². The largest absolute Gasteiger partial charge is 0.298 e. The van der Waals surface area contributed by atoms with Gasteiger partial charge in [-0.15, -0.1) is 0 Å². The maximum Gasteiger partial charge on any atom is 0.146 e. The average Bonchev–Trinajstić information content (AvgIpc) is 2.79. The number of nitrogens with zero attached hydrogens (tertiary/aromatic N) is 4. The zero-order chi connectivity index (χ0) is 23.9. The highest BCUT2D eigenvalue weighted by Crippen LogP contribution is 2.04. The van der Waals surface area contributed by atoms with Gasteiger partial charge in [-0.1, -0.05) is 27.7 Å². The minimum atomic E-state index is 0.203. The quantitative estimate of drug-likeness (QED) is 0.436. The third-order valence-corrected chi connectivity index (χ3v) is 6.11. The number of hydrogen-bond acceptors (Lipinski definition) is 8. The topological polar surface area (TPSA) is 81.2 Å². The van der Waals surface area contributed by atoms with E-state index in [-0.39, 0.29) is 23.1 Å². The first-order chi connectivity index (χ1) is 15.3. The Balaban J connectivity index is 2.99. The fraction of sp³-hybridized carbons (Fsp3) is 0.833. The summed E-state index contributed by atoms with van der Waals surface area (Å²) in [5.41, 5.74) is 0. The molecule has 0 aromatic heterocycles. The van der Waals surface area contributed by atoms with Gasteiger partial charge < -0.3 is 0 Å². The first-order valence-corrected chi connectivity index (χ1v) is 12.3. The van der Waals surface area contributed by atoms with E-state index in [1.807, 2.05) is 27.7 Å². The summed E-state index contributed by atoms with van der Waals surface area (Å²) < 4.78 is 0. The molecule has 32 heavy (non-hydrogen) atoms. The Morgan fingerprint density at radius 2 is 0.562 bits per heavy atom. The first-order valence-electron chi connectivity index (χ1n) is 12.3. The van der Waals surface area contributed by atoms with Crippen LogP contribution in [0.4, 0.5) is 0 Å². The van der Waals surface area contributed by atoms with Gasteiger partial charge in [0.25, 0.3) is 0 Å². The molecule has 1 rings (SSSR count). The van der Waals surface area contributed by atoms with Crippen molar-refractivity contribution in [3.05, 3.63) is 0 Å². The number of ketones is 4. The summed E-state index contributed by atoms with van der Waals surface area (Å²) in [7, 11) is 0. The Kier molecular flexibility index (Phi) is 14.4. The minimum absolute atomic E-state index is 0.203. The van der Waals surface area contributed by atoms with Crippen LogP contribution in [-0.4, -0.2) is 121 Å². The van der Waals surface area contributed by atoms with E-state index in [0.717, 1.165) is 0 Å². The van der Waals surface area contributed by atoms with Crippen LogP contribution in [0.3, 0.4) is 0 Å². The van der Waals surface area contributed by atoms with Crippen molar-refractivity contribution in [3.8, 4) is 0 Å². The Morgan fingerprint density at radius 3 is 0.688 bits per heavy atom. The first kappa shape index (κ1) is 28.6. The molecule has 0 aromatic rings. The lowest BCUT2D eigenvalue weighted by Crippen LogP contribution is -2.49. The van der Waals surface area contributed by atoms with Gasteiger partial charge in [-0.05, 0) is 0 Å². The van der Waals surface area contributed by atoms with E-state index < -0.39 is 0 Å². The fourth-order valence-corrected chi connectivity index (χ4v) is 3.66. The summed E-state index contributed by atoms with van der Waals surface area (Å²) in [6.07, 6.45) is 2.03. The molecule has 8 nitrogen and oxygen atoms in total. The molecule has 0 aliphatic carbocycles. The Morgan fingerprint density at radius 1 is 0.406 bits per heavy atom. The van der Waals surface area contributed by atoms with Crippen LogP contribution in [0.25, 0.3) is 0 Å². The van der Waals surface area contributed by atoms with Gasteiger partial charge >= 0.3 is 0 Å². The molecule has 0 unspecified atom stereocenters. The monoisotopic (exact) mass is 452 g/mol. The number of hydrogen-bond donors (Lipinski definition) is 0. The predicted molar refractivity (Wildman–Crippen MR) is 127 cm³/mol. The third-order valence-electron chi connectivity index (χ3n) is 6.11. The highest BCUT2D eigenvalue weighted by Gasteiger charge is 2.20. The summed E-state index contributed by atoms with van der Waals surface area (Å²) in [6, 6.07) is 0. The van der Waals surface area contributed by atoms with Crippen molar-refractivity contribution in [2.45, 2.75) is 53.4 Å². The molecule has 0 radical (unpaired) electrons. The van der Waals surface area contributed by atoms with Crippen molar-refractivity contribution in [2.75, 3.05) is 78.5 Å². The molecule has 8 heteroatoms. The highest BCUT2D eigenvalue weighted by molar-refractivity contribution is 5.81. The van der Waals surface area contributed by atoms with Crippen LogP contribution < -0.4 is 0 Å². The molecular formula is C24H44N4O4. The smallest absolute Gasteiger partial charge is 0.146 e. The van der Waals surface area contributed by atoms with Crippen LogP contribution in [0.15, 0.2) is 0 Å². The van der Waals surface area contributed by atoms with E-state index in [2.05, 4.69) is 19.6 Å². The number of carbonyl (C=O) groups excluding carboxylic acids is 4. The van der Waals surface area contributed by atoms with Crippen molar-refractivity contribution < 1.29 is 19.2 Å². The number of Topliss-reactive ketones (excluding diaryl/α,β-unsaturated/α-hetero) is 4. The average molecular weight is 453 g/mol. The zero-order valence-electron chi connectivity index (χ0n) is 20.7. The SMILES string of the molecule is CCC(=O)CN1CCN(CC(=O)CC)CCN(CC(=O)CC)CCN(CC(=O)CC)CC1. The Hall–Kier alpha value is -1.48. The summed E-state index contributed by atoms with van der Waals surface area (Å²) in [5, 5.41) is 0. The summed E-state index contributed by atoms with van der Waals surface area (Å²) >= 11 is 0. The van der Waals surface area contributed by atoms with Gasteiger partial charge in [0.1, 0.15) is 23.1 Å². The van der Waals surface area contributed by atoms with E-state index in [1.165, 1.54) is 0 Å². The van der Waals surface area contributed by atoms with Crippen LogP contribution in [0.2, 0.25) is 0 Å². The molecular weight excluding hydrogens is 408 g/mol. The minimum Gasteiger partial charge on any atom is -0.298 e. The molecule has 1 aliphatic heterocycles. The Bertz CT molecular complexity index is 491. The molecule has 1 fully saturated rings. The lowest BCUT2D eigenvalue weighted by molar-refractivity contribution is -0.122. The van der Waals surface area contributed by atoms with Crippen LogP contribution in [-0.2, 0) is 19.2 Å². The predicted octanol–water partition coefficient (Wildman–Crippen LogP) is 1.12. The maximum atomic E-state index is 12.1. The van der Waals surface area contributed by atoms with E-state index in [0.29, 0.717) is 104 Å². The van der Waals surface area contributed by atoms with Gasteiger partial charge in [-0.3, -0.25) is 38.8 Å². The van der Waals surface area contributed by atoms with Crippen LogP contribution in [0.5, 0.6) is 0 Å². The maximum absolute atomic E-state index is 12.1. The molecule has 1 aliphatic rings. The second-order valence-electron chi connectivity index (χ2n) is 8.67. The molecule has 0 amide bonds. The van der Waals surface area contributed by atoms with Crippen molar-refractivity contribution in [3.63, 3.8) is 0 Å². The van der Waals surface area contributed by atoms with E-state index in [9.17, 15) is 19.2 Å². The van der Waals surface area contributed by atoms with Gasteiger partial charge in [0, 0.05) is 78.0 Å². The normalized spacial score (nSPS) is 18.6. The number of carbonyl (C=O) groups is 4. The second kappa shape index (κ2) is 16.2. The molecule has 0 atom stereocenters. The van der Waals surface area contributed by atoms with Crippen molar-refractivity contribution in [1.82, 2.24) is 19.6 Å². The van der Waals surface area contributed by atoms with Crippen molar-refractivity contribution in [1.29, 1.82) is 0 Å². The van der Waals surface area contributed by atoms with Gasteiger partial charge in [0.05, 0.1) is 26.2 Å². The summed E-state index contributed by atoms with van der Waals surface area (Å²) in [6.45, 7) is 14.7. The second-order valence-corrected chi connectivity index (χ2v) is 8.67. The van der Waals surface area contributed by atoms with Gasteiger partial charge in [-0.25, -0.2) is 0 Å². The lowest BCUT2D eigenvalue weighted by Gasteiger charge is -2.33. The molecule has 0 bridgehead atoms. The lowest BCUT2D eigenvalue weighted by atomic mass is 10.2. The van der Waals surface area contributed by atoms with Gasteiger partial charge in [0.15, 0.2) is 0 Å². The number of rotatable bonds is 12. The van der Waals surface area contributed by atoms with Crippen LogP contribution >= 0.6 is 0 Å².